The molecule has 1 aromatic carbocycles. The Morgan fingerprint density at radius 3 is 2.15 bits per heavy atom. The molecule has 2 aromatic rings. The van der Waals surface area contributed by atoms with Crippen molar-refractivity contribution in [3.63, 3.8) is 0 Å². The standard InChI is InChI=1S/C40H63N5O7S/c1-25(2)33(45(9)39(49)35(26(3)4)44-36(47)27(5)16-14-15-21-41-8)23-34(52-29(7)46)38-43-32(24-53-38)37(48)42-31(22-28(6)40(50)51-10)20-19-30-17-12-11-13-18-30/h11-13,17-18,24-28,31,33-35,41H,14-16,19-23H2,1-10H3,(H,42,48)(H,44,47)/t27-,28+,31+,33-,34-,35+/m1/s1. The van der Waals surface area contributed by atoms with Gasteiger partial charge in [0, 0.05) is 43.8 Å². The summed E-state index contributed by atoms with van der Waals surface area (Å²) in [6, 6.07) is 8.48. The topological polar surface area (TPSA) is 156 Å². The molecule has 13 heteroatoms. The van der Waals surface area contributed by atoms with Crippen LogP contribution in [0.25, 0.3) is 0 Å². The summed E-state index contributed by atoms with van der Waals surface area (Å²) in [5.74, 6) is -2.48. The second-order valence-electron chi connectivity index (χ2n) is 14.8. The molecule has 3 N–H and O–H groups in total. The number of likely N-dealkylation sites (N-methyl/N-ethyl adjacent to an activating group) is 1. The van der Waals surface area contributed by atoms with Gasteiger partial charge in [0.05, 0.1) is 13.0 Å². The Kier molecular flexibility index (Phi) is 19.7. The van der Waals surface area contributed by atoms with Crippen molar-refractivity contribution in [2.24, 2.45) is 23.7 Å². The third kappa shape index (κ3) is 15.2. The van der Waals surface area contributed by atoms with Crippen LogP contribution in [-0.4, -0.2) is 85.4 Å². The van der Waals surface area contributed by atoms with Crippen LogP contribution in [0, 0.1) is 23.7 Å². The molecule has 1 heterocycles. The molecule has 0 radical (unpaired) electrons. The second kappa shape index (κ2) is 23.1. The number of aromatic nitrogens is 1. The van der Waals surface area contributed by atoms with E-state index in [1.54, 1.807) is 24.3 Å². The van der Waals surface area contributed by atoms with Gasteiger partial charge in [-0.2, -0.15) is 0 Å². The Hall–Kier alpha value is -3.84. The first-order valence-electron chi connectivity index (χ1n) is 18.9. The quantitative estimate of drug-likeness (QED) is 0.0954. The van der Waals surface area contributed by atoms with Crippen LogP contribution in [0.3, 0.4) is 0 Å². The number of unbranched alkanes of at least 4 members (excludes halogenated alkanes) is 1. The molecule has 0 saturated heterocycles. The first-order chi connectivity index (χ1) is 25.1. The van der Waals surface area contributed by atoms with Gasteiger partial charge in [-0.25, -0.2) is 4.98 Å². The first kappa shape index (κ1) is 45.3. The highest BCUT2D eigenvalue weighted by molar-refractivity contribution is 7.09. The van der Waals surface area contributed by atoms with Gasteiger partial charge in [-0.05, 0) is 63.1 Å². The maximum Gasteiger partial charge on any atom is 0.308 e. The van der Waals surface area contributed by atoms with Crippen LogP contribution in [0.4, 0.5) is 0 Å². The molecule has 0 unspecified atom stereocenters. The highest BCUT2D eigenvalue weighted by Gasteiger charge is 2.35. The van der Waals surface area contributed by atoms with Gasteiger partial charge < -0.3 is 30.3 Å². The van der Waals surface area contributed by atoms with Crippen molar-refractivity contribution in [3.8, 4) is 0 Å². The zero-order valence-corrected chi connectivity index (χ0v) is 34.2. The molecule has 2 rings (SSSR count). The van der Waals surface area contributed by atoms with E-state index in [0.717, 1.165) is 31.4 Å². The van der Waals surface area contributed by atoms with Crippen LogP contribution >= 0.6 is 11.3 Å². The van der Waals surface area contributed by atoms with Gasteiger partial charge in [0.2, 0.25) is 11.8 Å². The van der Waals surface area contributed by atoms with Crippen LogP contribution in [-0.2, 0) is 35.1 Å². The number of carbonyl (C=O) groups excluding carboxylic acids is 5. The van der Waals surface area contributed by atoms with Gasteiger partial charge in [-0.1, -0.05) is 78.3 Å². The van der Waals surface area contributed by atoms with Gasteiger partial charge in [0.15, 0.2) is 6.10 Å². The molecular formula is C40H63N5O7S. The number of aryl methyl sites for hydroxylation is 1. The van der Waals surface area contributed by atoms with Gasteiger partial charge >= 0.3 is 11.9 Å². The largest absolute Gasteiger partial charge is 0.469 e. The SMILES string of the molecule is CNCCCC[C@@H](C)C(=O)N[C@H](C(=O)N(C)[C@H](C[C@@H](OC(C)=O)c1nc(C(=O)N[C@@H](CCc2ccccc2)C[C@H](C)C(=O)OC)cs1)C(C)C)C(C)C. The summed E-state index contributed by atoms with van der Waals surface area (Å²) in [6.07, 6.45) is 3.74. The Bertz CT molecular complexity index is 1450. The molecule has 3 amide bonds. The van der Waals surface area contributed by atoms with Gasteiger partial charge in [-0.15, -0.1) is 11.3 Å². The molecule has 296 valence electrons. The van der Waals surface area contributed by atoms with Crippen molar-refractivity contribution in [1.82, 2.24) is 25.8 Å². The summed E-state index contributed by atoms with van der Waals surface area (Å²) >= 11 is 1.21. The maximum atomic E-state index is 14.0. The van der Waals surface area contributed by atoms with Crippen molar-refractivity contribution in [2.45, 2.75) is 118 Å². The van der Waals surface area contributed by atoms with E-state index in [9.17, 15) is 24.0 Å². The molecule has 1 aromatic heterocycles. The number of hydrogen-bond acceptors (Lipinski definition) is 10. The molecular weight excluding hydrogens is 695 g/mol. The summed E-state index contributed by atoms with van der Waals surface area (Å²) in [6.45, 7) is 13.7. The zero-order chi connectivity index (χ0) is 39.7. The van der Waals surface area contributed by atoms with Crippen molar-refractivity contribution < 1.29 is 33.4 Å². The van der Waals surface area contributed by atoms with Gasteiger partial charge in [0.25, 0.3) is 5.91 Å². The molecule has 12 nitrogen and oxygen atoms in total. The Morgan fingerprint density at radius 1 is 0.887 bits per heavy atom. The average molecular weight is 758 g/mol. The third-order valence-electron chi connectivity index (χ3n) is 9.60. The van der Waals surface area contributed by atoms with E-state index in [2.05, 4.69) is 20.9 Å². The molecule has 6 atom stereocenters. The lowest BCUT2D eigenvalue weighted by atomic mass is 9.94. The number of nitrogens with zero attached hydrogens (tertiary/aromatic N) is 2. The van der Waals surface area contributed by atoms with Crippen LogP contribution in [0.2, 0.25) is 0 Å². The van der Waals surface area contributed by atoms with Crippen LogP contribution in [0.5, 0.6) is 0 Å². The number of carbonyl (C=O) groups is 5. The highest BCUT2D eigenvalue weighted by Crippen LogP contribution is 2.31. The van der Waals surface area contributed by atoms with E-state index in [1.807, 2.05) is 72.0 Å². The first-order valence-corrected chi connectivity index (χ1v) is 19.7. The number of benzene rings is 1. The summed E-state index contributed by atoms with van der Waals surface area (Å²) in [7, 11) is 4.97. The Morgan fingerprint density at radius 2 is 1.57 bits per heavy atom. The molecule has 0 aliphatic rings. The molecule has 0 fully saturated rings. The molecule has 0 spiro atoms. The number of nitrogens with one attached hydrogen (secondary N) is 3. The van der Waals surface area contributed by atoms with Crippen molar-refractivity contribution in [1.29, 1.82) is 0 Å². The number of methoxy groups -OCH3 is 1. The number of ether oxygens (including phenoxy) is 2. The fourth-order valence-corrected chi connectivity index (χ4v) is 7.17. The monoisotopic (exact) mass is 757 g/mol. The smallest absolute Gasteiger partial charge is 0.308 e. The number of rotatable bonds is 23. The Balaban J connectivity index is 2.24. The summed E-state index contributed by atoms with van der Waals surface area (Å²) in [5.41, 5.74) is 1.29. The van der Waals surface area contributed by atoms with Crippen LogP contribution in [0.15, 0.2) is 35.7 Å². The minimum Gasteiger partial charge on any atom is -0.469 e. The fourth-order valence-electron chi connectivity index (χ4n) is 6.33. The van der Waals surface area contributed by atoms with Crippen LogP contribution in [0.1, 0.15) is 114 Å². The minimum absolute atomic E-state index is 0.0403. The van der Waals surface area contributed by atoms with Gasteiger partial charge in [0.1, 0.15) is 16.7 Å². The molecule has 53 heavy (non-hydrogen) atoms. The van der Waals surface area contributed by atoms with E-state index >= 15 is 0 Å². The predicted molar refractivity (Wildman–Crippen MR) is 208 cm³/mol. The van der Waals surface area contributed by atoms with Crippen LogP contribution < -0.4 is 16.0 Å². The van der Waals surface area contributed by atoms with E-state index in [1.165, 1.54) is 25.4 Å². The summed E-state index contributed by atoms with van der Waals surface area (Å²) < 4.78 is 10.7. The molecule has 0 bridgehead atoms. The lowest BCUT2D eigenvalue weighted by Gasteiger charge is -2.36. The average Bonchev–Trinajstić information content (AvgIpc) is 3.62. The number of thiazole rings is 1. The maximum absolute atomic E-state index is 14.0. The summed E-state index contributed by atoms with van der Waals surface area (Å²) in [4.78, 5) is 71.5. The van der Waals surface area contributed by atoms with Crippen molar-refractivity contribution >= 4 is 41.0 Å². The zero-order valence-electron chi connectivity index (χ0n) is 33.4. The number of esters is 2. The summed E-state index contributed by atoms with van der Waals surface area (Å²) in [5, 5.41) is 11.2. The van der Waals surface area contributed by atoms with Crippen molar-refractivity contribution in [2.75, 3.05) is 27.7 Å². The second-order valence-corrected chi connectivity index (χ2v) is 15.6. The lowest BCUT2D eigenvalue weighted by molar-refractivity contribution is -0.149. The van der Waals surface area contributed by atoms with Gasteiger partial charge in [-0.3, -0.25) is 24.0 Å². The number of hydrogen-bond donors (Lipinski definition) is 3. The van der Waals surface area contributed by atoms with Crippen molar-refractivity contribution in [3.05, 3.63) is 52.0 Å². The molecule has 0 aliphatic heterocycles. The Labute approximate surface area is 320 Å². The predicted octanol–water partition coefficient (Wildman–Crippen LogP) is 5.72. The lowest BCUT2D eigenvalue weighted by Crippen LogP contribution is -2.54. The van der Waals surface area contributed by atoms with E-state index in [0.29, 0.717) is 24.3 Å². The molecule has 0 aliphatic carbocycles. The normalized spacial score (nSPS) is 14.8. The molecule has 0 saturated carbocycles. The van der Waals surface area contributed by atoms with E-state index in [-0.39, 0.29) is 59.7 Å². The highest BCUT2D eigenvalue weighted by atomic mass is 32.1. The van der Waals surface area contributed by atoms with E-state index in [4.69, 9.17) is 9.47 Å². The fraction of sp³-hybridized carbons (Fsp3) is 0.650. The third-order valence-corrected chi connectivity index (χ3v) is 10.5. The number of amides is 3. The minimum atomic E-state index is -0.820. The van der Waals surface area contributed by atoms with E-state index < -0.39 is 29.9 Å².